The van der Waals surface area contributed by atoms with Crippen LogP contribution in [0, 0.1) is 0 Å². The Morgan fingerprint density at radius 2 is 2.00 bits per heavy atom. The number of fused-ring (bicyclic) bond motifs is 1. The zero-order chi connectivity index (χ0) is 19.7. The fourth-order valence-electron chi connectivity index (χ4n) is 3.66. The summed E-state index contributed by atoms with van der Waals surface area (Å²) in [5.74, 6) is -0.127. The summed E-state index contributed by atoms with van der Waals surface area (Å²) in [7, 11) is 3.60. The van der Waals surface area contributed by atoms with Gasteiger partial charge in [0, 0.05) is 45.4 Å². The molecule has 0 fully saturated rings. The Kier molecular flexibility index (Phi) is 4.73. The lowest BCUT2D eigenvalue weighted by Crippen LogP contribution is -2.52. The lowest BCUT2D eigenvalue weighted by Gasteiger charge is -2.37. The number of furan rings is 1. The highest BCUT2D eigenvalue weighted by Crippen LogP contribution is 2.26. The van der Waals surface area contributed by atoms with Gasteiger partial charge < -0.3 is 14.2 Å². The van der Waals surface area contributed by atoms with Gasteiger partial charge in [-0.1, -0.05) is 24.3 Å². The third-order valence-corrected chi connectivity index (χ3v) is 5.08. The minimum Gasteiger partial charge on any atom is -0.459 e. The topological polar surface area (TPSA) is 71.6 Å². The highest BCUT2D eigenvalue weighted by atomic mass is 16.3. The van der Waals surface area contributed by atoms with E-state index in [0.717, 1.165) is 16.7 Å². The Morgan fingerprint density at radius 1 is 1.21 bits per heavy atom. The first-order chi connectivity index (χ1) is 13.5. The van der Waals surface area contributed by atoms with Gasteiger partial charge >= 0.3 is 0 Å². The van der Waals surface area contributed by atoms with Gasteiger partial charge in [0.2, 0.25) is 5.91 Å². The van der Waals surface area contributed by atoms with E-state index < -0.39 is 6.04 Å². The second-order valence-corrected chi connectivity index (χ2v) is 7.12. The molecule has 2 amide bonds. The molecule has 3 aromatic rings. The standard InChI is InChI=1S/C21H22N4O3/c1-23(12-15-11-22-24(2)13-15)20(26)18-10-16-6-3-4-7-17(16)14-25(18)21(27)19-8-5-9-28-19/h3-9,11,13,18H,10,12,14H2,1-2H3/t18-/m1/s1. The van der Waals surface area contributed by atoms with Crippen LogP contribution < -0.4 is 0 Å². The molecule has 144 valence electrons. The molecule has 0 radical (unpaired) electrons. The number of likely N-dealkylation sites (N-methyl/N-ethyl adjacent to an activating group) is 1. The molecule has 7 nitrogen and oxygen atoms in total. The van der Waals surface area contributed by atoms with Gasteiger partial charge in [0.05, 0.1) is 12.5 Å². The first-order valence-corrected chi connectivity index (χ1v) is 9.16. The van der Waals surface area contributed by atoms with Crippen molar-refractivity contribution in [1.82, 2.24) is 19.6 Å². The van der Waals surface area contributed by atoms with E-state index in [2.05, 4.69) is 5.10 Å². The van der Waals surface area contributed by atoms with E-state index in [9.17, 15) is 9.59 Å². The van der Waals surface area contributed by atoms with Crippen LogP contribution in [0.5, 0.6) is 0 Å². The predicted molar refractivity (Wildman–Crippen MR) is 102 cm³/mol. The first-order valence-electron chi connectivity index (χ1n) is 9.16. The molecular formula is C21H22N4O3. The van der Waals surface area contributed by atoms with Crippen molar-refractivity contribution < 1.29 is 14.0 Å². The third kappa shape index (κ3) is 3.43. The molecule has 0 saturated carbocycles. The van der Waals surface area contributed by atoms with Crippen LogP contribution in [-0.2, 0) is 31.4 Å². The van der Waals surface area contributed by atoms with Gasteiger partial charge in [0.15, 0.2) is 5.76 Å². The molecule has 1 aliphatic rings. The smallest absolute Gasteiger partial charge is 0.290 e. The Hall–Kier alpha value is -3.35. The summed E-state index contributed by atoms with van der Waals surface area (Å²) in [6.07, 6.45) is 5.58. The Balaban J connectivity index is 1.61. The fourth-order valence-corrected chi connectivity index (χ4v) is 3.66. The molecule has 4 rings (SSSR count). The summed E-state index contributed by atoms with van der Waals surface area (Å²) in [5.41, 5.74) is 3.10. The first kappa shape index (κ1) is 18.0. The molecule has 2 aromatic heterocycles. The Labute approximate surface area is 163 Å². The summed E-state index contributed by atoms with van der Waals surface area (Å²) < 4.78 is 7.00. The fraction of sp³-hybridized carbons (Fsp3) is 0.286. The molecule has 0 aliphatic carbocycles. The molecule has 0 saturated heterocycles. The van der Waals surface area contributed by atoms with E-state index in [4.69, 9.17) is 4.42 Å². The number of aromatic nitrogens is 2. The summed E-state index contributed by atoms with van der Waals surface area (Å²) in [4.78, 5) is 29.6. The molecule has 1 atom stereocenters. The van der Waals surface area contributed by atoms with Crippen molar-refractivity contribution in [1.29, 1.82) is 0 Å². The number of hydrogen-bond donors (Lipinski definition) is 0. The predicted octanol–water partition coefficient (Wildman–Crippen LogP) is 2.24. The van der Waals surface area contributed by atoms with Crippen molar-refractivity contribution in [2.45, 2.75) is 25.6 Å². The minimum atomic E-state index is -0.575. The summed E-state index contributed by atoms with van der Waals surface area (Å²) in [6, 6.07) is 10.7. The Bertz CT molecular complexity index is 993. The monoisotopic (exact) mass is 378 g/mol. The van der Waals surface area contributed by atoms with Crippen LogP contribution in [0.2, 0.25) is 0 Å². The van der Waals surface area contributed by atoms with Crippen LogP contribution >= 0.6 is 0 Å². The van der Waals surface area contributed by atoms with Crippen LogP contribution in [0.25, 0.3) is 0 Å². The maximum atomic E-state index is 13.3. The lowest BCUT2D eigenvalue weighted by molar-refractivity contribution is -0.135. The maximum absolute atomic E-state index is 13.3. The van der Waals surface area contributed by atoms with Crippen LogP contribution in [0.3, 0.4) is 0 Å². The van der Waals surface area contributed by atoms with Crippen molar-refractivity contribution in [2.75, 3.05) is 7.05 Å². The average Bonchev–Trinajstić information content (AvgIpc) is 3.37. The molecular weight excluding hydrogens is 356 g/mol. The number of hydrogen-bond acceptors (Lipinski definition) is 4. The van der Waals surface area contributed by atoms with Gasteiger partial charge in [-0.25, -0.2) is 0 Å². The average molecular weight is 378 g/mol. The normalized spacial score (nSPS) is 15.9. The van der Waals surface area contributed by atoms with E-state index in [0.29, 0.717) is 19.5 Å². The third-order valence-electron chi connectivity index (χ3n) is 5.08. The molecule has 0 spiro atoms. The van der Waals surface area contributed by atoms with Crippen molar-refractivity contribution in [2.24, 2.45) is 7.05 Å². The number of rotatable bonds is 4. The highest BCUT2D eigenvalue weighted by Gasteiger charge is 2.37. The number of amides is 2. The van der Waals surface area contributed by atoms with Crippen LogP contribution in [-0.4, -0.2) is 44.5 Å². The zero-order valence-electron chi connectivity index (χ0n) is 15.9. The van der Waals surface area contributed by atoms with Gasteiger partial charge in [-0.3, -0.25) is 14.3 Å². The van der Waals surface area contributed by atoms with Crippen LogP contribution in [0.4, 0.5) is 0 Å². The summed E-state index contributed by atoms with van der Waals surface area (Å²) in [5, 5.41) is 4.15. The molecule has 3 heterocycles. The SMILES string of the molecule is CN(Cc1cnn(C)c1)C(=O)[C@H]1Cc2ccccc2CN1C(=O)c1ccco1. The number of benzene rings is 1. The lowest BCUT2D eigenvalue weighted by atomic mass is 9.93. The van der Waals surface area contributed by atoms with Gasteiger partial charge in [-0.05, 0) is 23.3 Å². The van der Waals surface area contributed by atoms with Gasteiger partial charge in [-0.2, -0.15) is 5.10 Å². The number of carbonyl (C=O) groups is 2. The largest absolute Gasteiger partial charge is 0.459 e. The van der Waals surface area contributed by atoms with Crippen molar-refractivity contribution in [3.05, 3.63) is 77.5 Å². The number of aryl methyl sites for hydroxylation is 1. The molecule has 0 N–H and O–H groups in total. The number of carbonyl (C=O) groups excluding carboxylic acids is 2. The van der Waals surface area contributed by atoms with E-state index >= 15 is 0 Å². The quantitative estimate of drug-likeness (QED) is 0.698. The van der Waals surface area contributed by atoms with Crippen LogP contribution in [0.1, 0.15) is 27.2 Å². The second-order valence-electron chi connectivity index (χ2n) is 7.12. The second kappa shape index (κ2) is 7.34. The molecule has 0 unspecified atom stereocenters. The Morgan fingerprint density at radius 3 is 2.68 bits per heavy atom. The minimum absolute atomic E-state index is 0.0988. The van der Waals surface area contributed by atoms with E-state index in [1.165, 1.54) is 6.26 Å². The van der Waals surface area contributed by atoms with Gasteiger partial charge in [-0.15, -0.1) is 0 Å². The molecule has 0 bridgehead atoms. The van der Waals surface area contributed by atoms with Crippen LogP contribution in [0.15, 0.2) is 59.5 Å². The highest BCUT2D eigenvalue weighted by molar-refractivity contribution is 5.96. The maximum Gasteiger partial charge on any atom is 0.290 e. The molecule has 1 aromatic carbocycles. The zero-order valence-corrected chi connectivity index (χ0v) is 15.9. The van der Waals surface area contributed by atoms with Gasteiger partial charge in [0.1, 0.15) is 6.04 Å². The molecule has 1 aliphatic heterocycles. The summed E-state index contributed by atoms with van der Waals surface area (Å²) >= 11 is 0. The van der Waals surface area contributed by atoms with E-state index in [1.807, 2.05) is 37.5 Å². The van der Waals surface area contributed by atoms with Crippen molar-refractivity contribution in [3.8, 4) is 0 Å². The summed E-state index contributed by atoms with van der Waals surface area (Å²) in [6.45, 7) is 0.820. The number of nitrogens with zero attached hydrogens (tertiary/aromatic N) is 4. The van der Waals surface area contributed by atoms with E-state index in [1.54, 1.807) is 39.9 Å². The van der Waals surface area contributed by atoms with Crippen molar-refractivity contribution >= 4 is 11.8 Å². The van der Waals surface area contributed by atoms with Gasteiger partial charge in [0.25, 0.3) is 5.91 Å². The molecule has 28 heavy (non-hydrogen) atoms. The molecule has 7 heteroatoms. The van der Waals surface area contributed by atoms with Crippen molar-refractivity contribution in [3.63, 3.8) is 0 Å². The van der Waals surface area contributed by atoms with E-state index in [-0.39, 0.29) is 17.6 Å².